The molecule has 0 saturated carbocycles. The molecule has 26 heavy (non-hydrogen) atoms. The van der Waals surface area contributed by atoms with Gasteiger partial charge in [0.1, 0.15) is 0 Å². The van der Waals surface area contributed by atoms with Crippen molar-refractivity contribution in [2.24, 2.45) is 0 Å². The number of rotatable bonds is 4. The molecule has 0 amide bonds. The van der Waals surface area contributed by atoms with Crippen LogP contribution >= 0.6 is 45.2 Å². The molecule has 0 aliphatic carbocycles. The Morgan fingerprint density at radius 2 is 0.885 bits per heavy atom. The molecule has 0 heterocycles. The van der Waals surface area contributed by atoms with Crippen LogP contribution in [0, 0.1) is 7.14 Å². The van der Waals surface area contributed by atoms with Gasteiger partial charge in [-0.3, -0.25) is 0 Å². The number of halogens is 2. The molecule has 0 radical (unpaired) electrons. The van der Waals surface area contributed by atoms with Crippen LogP contribution in [-0.2, 0) is 0 Å². The topological polar surface area (TPSA) is 0 Å². The standard InChI is InChI=1S/C24H24I2/c1-15(2)19-9-11-23(25)21(13-19)17-5-7-18(8-6-17)22-14-20(16(3)4)10-12-24(22)26/h5-16H,1-4H3. The zero-order valence-electron chi connectivity index (χ0n) is 15.7. The lowest BCUT2D eigenvalue weighted by atomic mass is 9.94. The van der Waals surface area contributed by atoms with Crippen molar-refractivity contribution in [2.45, 2.75) is 39.5 Å². The number of benzene rings is 3. The summed E-state index contributed by atoms with van der Waals surface area (Å²) >= 11 is 4.88. The van der Waals surface area contributed by atoms with Crippen molar-refractivity contribution in [1.29, 1.82) is 0 Å². The van der Waals surface area contributed by atoms with Gasteiger partial charge in [0.15, 0.2) is 0 Å². The minimum atomic E-state index is 0.547. The molecule has 0 aromatic heterocycles. The number of hydrogen-bond acceptors (Lipinski definition) is 0. The van der Waals surface area contributed by atoms with E-state index in [0.717, 1.165) is 0 Å². The van der Waals surface area contributed by atoms with Crippen LogP contribution in [0.2, 0.25) is 0 Å². The maximum atomic E-state index is 2.44. The summed E-state index contributed by atoms with van der Waals surface area (Å²) in [5.41, 5.74) is 8.02. The first kappa shape index (κ1) is 19.9. The third-order valence-corrected chi connectivity index (χ3v) is 6.70. The molecule has 0 aliphatic rings. The quantitative estimate of drug-likeness (QED) is 0.278. The summed E-state index contributed by atoms with van der Waals surface area (Å²) in [6.07, 6.45) is 0. The van der Waals surface area contributed by atoms with Crippen LogP contribution in [0.3, 0.4) is 0 Å². The van der Waals surface area contributed by atoms with Crippen LogP contribution in [0.5, 0.6) is 0 Å². The number of hydrogen-bond donors (Lipinski definition) is 0. The van der Waals surface area contributed by atoms with Crippen molar-refractivity contribution >= 4 is 45.2 Å². The van der Waals surface area contributed by atoms with Gasteiger partial charge in [0.05, 0.1) is 0 Å². The van der Waals surface area contributed by atoms with Crippen molar-refractivity contribution in [2.75, 3.05) is 0 Å². The third-order valence-electron chi connectivity index (χ3n) is 4.82. The second kappa shape index (κ2) is 8.42. The Kier molecular flexibility index (Phi) is 6.44. The van der Waals surface area contributed by atoms with E-state index < -0.39 is 0 Å². The normalized spacial score (nSPS) is 11.4. The van der Waals surface area contributed by atoms with E-state index in [4.69, 9.17) is 0 Å². The fourth-order valence-electron chi connectivity index (χ4n) is 3.08. The summed E-state index contributed by atoms with van der Waals surface area (Å²) in [6, 6.07) is 22.7. The van der Waals surface area contributed by atoms with Crippen molar-refractivity contribution in [3.8, 4) is 22.3 Å². The molecule has 0 atom stereocenters. The summed E-state index contributed by atoms with van der Waals surface area (Å²) in [5, 5.41) is 0. The molecule has 0 unspecified atom stereocenters. The Balaban J connectivity index is 2.00. The van der Waals surface area contributed by atoms with E-state index in [-0.39, 0.29) is 0 Å². The molecule has 0 aliphatic heterocycles. The summed E-state index contributed by atoms with van der Waals surface area (Å²) in [5.74, 6) is 1.09. The van der Waals surface area contributed by atoms with E-state index >= 15 is 0 Å². The van der Waals surface area contributed by atoms with Crippen LogP contribution < -0.4 is 0 Å². The second-order valence-electron chi connectivity index (χ2n) is 7.37. The lowest BCUT2D eigenvalue weighted by molar-refractivity contribution is 0.866. The largest absolute Gasteiger partial charge is 0.0587 e. The van der Waals surface area contributed by atoms with Gasteiger partial charge in [-0.15, -0.1) is 0 Å². The zero-order valence-corrected chi connectivity index (χ0v) is 20.0. The maximum Gasteiger partial charge on any atom is 0.0208 e. The van der Waals surface area contributed by atoms with Gasteiger partial charge < -0.3 is 0 Å². The SMILES string of the molecule is CC(C)c1ccc(I)c(-c2ccc(-c3cc(C(C)C)ccc3I)cc2)c1. The molecule has 0 saturated heterocycles. The van der Waals surface area contributed by atoms with Gasteiger partial charge in [0.25, 0.3) is 0 Å². The van der Waals surface area contributed by atoms with Crippen LogP contribution in [0.1, 0.15) is 50.7 Å². The highest BCUT2D eigenvalue weighted by Crippen LogP contribution is 2.33. The van der Waals surface area contributed by atoms with E-state index in [9.17, 15) is 0 Å². The first-order chi connectivity index (χ1) is 12.4. The Morgan fingerprint density at radius 3 is 1.19 bits per heavy atom. The Hall–Kier alpha value is -0.880. The highest BCUT2D eigenvalue weighted by molar-refractivity contribution is 14.1. The molecule has 0 fully saturated rings. The van der Waals surface area contributed by atoms with Gasteiger partial charge in [0.2, 0.25) is 0 Å². The fourth-order valence-corrected chi connectivity index (χ4v) is 4.37. The molecule has 2 heteroatoms. The summed E-state index contributed by atoms with van der Waals surface area (Å²) < 4.78 is 2.60. The van der Waals surface area contributed by atoms with Crippen molar-refractivity contribution < 1.29 is 0 Å². The van der Waals surface area contributed by atoms with Crippen molar-refractivity contribution in [3.63, 3.8) is 0 Å². The van der Waals surface area contributed by atoms with Gasteiger partial charge >= 0.3 is 0 Å². The molecule has 0 nitrogen and oxygen atoms in total. The lowest BCUT2D eigenvalue weighted by Gasteiger charge is -2.13. The van der Waals surface area contributed by atoms with Crippen LogP contribution in [0.4, 0.5) is 0 Å². The highest BCUT2D eigenvalue weighted by atomic mass is 127. The summed E-state index contributed by atoms with van der Waals surface area (Å²) in [6.45, 7) is 8.99. The molecular weight excluding hydrogens is 542 g/mol. The van der Waals surface area contributed by atoms with Gasteiger partial charge in [-0.2, -0.15) is 0 Å². The molecule has 3 aromatic carbocycles. The van der Waals surface area contributed by atoms with Gasteiger partial charge in [-0.05, 0) is 115 Å². The predicted octanol–water partition coefficient (Wildman–Crippen LogP) is 8.48. The Bertz CT molecular complexity index is 829. The van der Waals surface area contributed by atoms with Crippen molar-refractivity contribution in [1.82, 2.24) is 0 Å². The molecule has 0 bridgehead atoms. The minimum Gasteiger partial charge on any atom is -0.0587 e. The predicted molar refractivity (Wildman–Crippen MR) is 131 cm³/mol. The van der Waals surface area contributed by atoms with E-state index in [1.54, 1.807) is 0 Å². The van der Waals surface area contributed by atoms with Crippen molar-refractivity contribution in [3.05, 3.63) is 78.9 Å². The second-order valence-corrected chi connectivity index (χ2v) is 9.69. The van der Waals surface area contributed by atoms with E-state index in [1.165, 1.54) is 40.5 Å². The fraction of sp³-hybridized carbons (Fsp3) is 0.250. The Morgan fingerprint density at radius 1 is 0.538 bits per heavy atom. The monoisotopic (exact) mass is 566 g/mol. The van der Waals surface area contributed by atoms with E-state index in [1.807, 2.05) is 0 Å². The van der Waals surface area contributed by atoms with Crippen LogP contribution in [0.25, 0.3) is 22.3 Å². The first-order valence-electron chi connectivity index (χ1n) is 9.06. The zero-order chi connectivity index (χ0) is 18.8. The molecule has 0 N–H and O–H groups in total. The average Bonchev–Trinajstić information content (AvgIpc) is 2.62. The summed E-state index contributed by atoms with van der Waals surface area (Å²) in [7, 11) is 0. The highest BCUT2D eigenvalue weighted by Gasteiger charge is 2.10. The Labute approximate surface area is 184 Å². The average molecular weight is 566 g/mol. The molecule has 3 rings (SSSR count). The van der Waals surface area contributed by atoms with Crippen LogP contribution in [-0.4, -0.2) is 0 Å². The first-order valence-corrected chi connectivity index (χ1v) is 11.2. The molecule has 0 spiro atoms. The third kappa shape index (κ3) is 4.33. The molecule has 3 aromatic rings. The van der Waals surface area contributed by atoms with E-state index in [2.05, 4.69) is 134 Å². The smallest absolute Gasteiger partial charge is 0.0208 e. The van der Waals surface area contributed by atoms with Gasteiger partial charge in [-0.25, -0.2) is 0 Å². The molecular formula is C24H24I2. The summed E-state index contributed by atoms with van der Waals surface area (Å²) in [4.78, 5) is 0. The van der Waals surface area contributed by atoms with Gasteiger partial charge in [-0.1, -0.05) is 64.1 Å². The minimum absolute atomic E-state index is 0.547. The molecule has 134 valence electrons. The van der Waals surface area contributed by atoms with Crippen LogP contribution in [0.15, 0.2) is 60.7 Å². The lowest BCUT2D eigenvalue weighted by Crippen LogP contribution is -1.92. The van der Waals surface area contributed by atoms with Gasteiger partial charge in [0, 0.05) is 7.14 Å². The van der Waals surface area contributed by atoms with E-state index in [0.29, 0.717) is 11.8 Å². The maximum absolute atomic E-state index is 2.44.